The average molecular weight is 305 g/mol. The minimum Gasteiger partial charge on any atom is -0.377 e. The number of aryl methyl sites for hydroxylation is 2. The zero-order chi connectivity index (χ0) is 15.7. The number of nitrogens with zero attached hydrogens (tertiary/aromatic N) is 3. The van der Waals surface area contributed by atoms with Crippen LogP contribution in [-0.2, 0) is 16.6 Å². The second-order valence-electron chi connectivity index (χ2n) is 6.74. The predicted octanol–water partition coefficient (Wildman–Crippen LogP) is 2.52. The fourth-order valence-electron chi connectivity index (χ4n) is 3.99. The molecule has 5 heteroatoms. The van der Waals surface area contributed by atoms with Crippen LogP contribution in [0.5, 0.6) is 0 Å². The van der Waals surface area contributed by atoms with Crippen LogP contribution in [0.4, 0.5) is 0 Å². The van der Waals surface area contributed by atoms with E-state index in [1.54, 1.807) is 0 Å². The fraction of sp³-hybridized carbons (Fsp3) is 0.765. The van der Waals surface area contributed by atoms with E-state index in [4.69, 9.17) is 4.74 Å². The van der Waals surface area contributed by atoms with E-state index in [0.29, 0.717) is 38.0 Å². The third kappa shape index (κ3) is 2.91. The second kappa shape index (κ2) is 6.41. The summed E-state index contributed by atoms with van der Waals surface area (Å²) in [5.41, 5.74) is 3.31. The lowest BCUT2D eigenvalue weighted by Crippen LogP contribution is -2.44. The summed E-state index contributed by atoms with van der Waals surface area (Å²) in [6, 6.07) is 0.0244. The Hall–Kier alpha value is -1.36. The summed E-state index contributed by atoms with van der Waals surface area (Å²) >= 11 is 0. The molecule has 1 atom stereocenters. The summed E-state index contributed by atoms with van der Waals surface area (Å²) in [6.45, 7) is 6.03. The largest absolute Gasteiger partial charge is 0.377 e. The molecular weight excluding hydrogens is 278 g/mol. The van der Waals surface area contributed by atoms with Gasteiger partial charge in [-0.25, -0.2) is 0 Å². The van der Waals surface area contributed by atoms with Crippen LogP contribution in [0.15, 0.2) is 0 Å². The number of hydrogen-bond donors (Lipinski definition) is 0. The molecule has 0 radical (unpaired) electrons. The van der Waals surface area contributed by atoms with Crippen molar-refractivity contribution in [2.24, 2.45) is 13.0 Å². The van der Waals surface area contributed by atoms with Crippen LogP contribution in [0.3, 0.4) is 0 Å². The summed E-state index contributed by atoms with van der Waals surface area (Å²) in [5.74, 6) is 0.884. The average Bonchev–Trinajstić information content (AvgIpc) is 3.08. The third-order valence-electron chi connectivity index (χ3n) is 5.29. The van der Waals surface area contributed by atoms with Crippen LogP contribution in [-0.4, -0.2) is 40.3 Å². The number of carbonyl (C=O) groups is 1. The molecular formula is C17H27N3O2. The molecule has 2 fully saturated rings. The van der Waals surface area contributed by atoms with Gasteiger partial charge >= 0.3 is 0 Å². The number of hydrogen-bond acceptors (Lipinski definition) is 3. The first-order chi connectivity index (χ1) is 10.6. The first-order valence-corrected chi connectivity index (χ1v) is 8.45. The van der Waals surface area contributed by atoms with Crippen molar-refractivity contribution < 1.29 is 9.53 Å². The lowest BCUT2D eigenvalue weighted by molar-refractivity contribution is -0.141. The highest BCUT2D eigenvalue weighted by atomic mass is 16.5. The predicted molar refractivity (Wildman–Crippen MR) is 84.5 cm³/mol. The van der Waals surface area contributed by atoms with Crippen LogP contribution in [0.2, 0.25) is 0 Å². The summed E-state index contributed by atoms with van der Waals surface area (Å²) in [4.78, 5) is 14.9. The maximum atomic E-state index is 12.8. The van der Waals surface area contributed by atoms with Crippen LogP contribution in [0.1, 0.15) is 55.1 Å². The molecule has 0 N–H and O–H groups in total. The van der Waals surface area contributed by atoms with Crippen molar-refractivity contribution in [3.05, 3.63) is 17.0 Å². The number of carbonyl (C=O) groups excluding carboxylic acids is 1. The lowest BCUT2D eigenvalue weighted by atomic mass is 9.99. The maximum Gasteiger partial charge on any atom is 0.223 e. The van der Waals surface area contributed by atoms with Crippen molar-refractivity contribution in [2.45, 2.75) is 52.0 Å². The minimum atomic E-state index is 0.0244. The number of rotatable bonds is 3. The van der Waals surface area contributed by atoms with Crippen LogP contribution >= 0.6 is 0 Å². The van der Waals surface area contributed by atoms with Crippen molar-refractivity contribution in [3.63, 3.8) is 0 Å². The van der Waals surface area contributed by atoms with Gasteiger partial charge in [0.05, 0.1) is 24.9 Å². The maximum absolute atomic E-state index is 12.8. The lowest BCUT2D eigenvalue weighted by Gasteiger charge is -2.36. The van der Waals surface area contributed by atoms with Crippen molar-refractivity contribution >= 4 is 5.91 Å². The summed E-state index contributed by atoms with van der Waals surface area (Å²) in [7, 11) is 1.96. The van der Waals surface area contributed by atoms with Gasteiger partial charge in [0, 0.05) is 31.3 Å². The van der Waals surface area contributed by atoms with Gasteiger partial charge in [-0.15, -0.1) is 0 Å². The monoisotopic (exact) mass is 305 g/mol. The zero-order valence-electron chi connectivity index (χ0n) is 14.0. The Balaban J connectivity index is 1.80. The molecule has 122 valence electrons. The number of ether oxygens (including phenoxy) is 1. The molecule has 2 aliphatic rings. The molecule has 3 rings (SSSR count). The van der Waals surface area contributed by atoms with Gasteiger partial charge < -0.3 is 9.64 Å². The van der Waals surface area contributed by atoms with Gasteiger partial charge in [0.25, 0.3) is 0 Å². The third-order valence-corrected chi connectivity index (χ3v) is 5.29. The Labute approximate surface area is 132 Å². The molecule has 1 amide bonds. The summed E-state index contributed by atoms with van der Waals surface area (Å²) in [5, 5.41) is 4.51. The standard InChI is InChI=1S/C17H27N3O2/c1-12-17(13(2)19(3)18-12)15-11-22-9-8-20(15)16(21)10-14-6-4-5-7-14/h14-15H,4-11H2,1-3H3/t15-/m0/s1. The van der Waals surface area contributed by atoms with E-state index in [9.17, 15) is 4.79 Å². The molecule has 22 heavy (non-hydrogen) atoms. The molecule has 2 heterocycles. The molecule has 1 saturated heterocycles. The van der Waals surface area contributed by atoms with Gasteiger partial charge in [-0.1, -0.05) is 12.8 Å². The Morgan fingerprint density at radius 2 is 2.05 bits per heavy atom. The van der Waals surface area contributed by atoms with E-state index < -0.39 is 0 Å². The van der Waals surface area contributed by atoms with Crippen molar-refractivity contribution in [1.29, 1.82) is 0 Å². The highest BCUT2D eigenvalue weighted by Crippen LogP contribution is 2.33. The van der Waals surface area contributed by atoms with Crippen LogP contribution in [0, 0.1) is 19.8 Å². The Bertz CT molecular complexity index is 546. The Morgan fingerprint density at radius 3 is 2.68 bits per heavy atom. The summed E-state index contributed by atoms with van der Waals surface area (Å²) in [6.07, 6.45) is 5.70. The van der Waals surface area contributed by atoms with E-state index in [0.717, 1.165) is 11.4 Å². The second-order valence-corrected chi connectivity index (χ2v) is 6.74. The highest BCUT2D eigenvalue weighted by molar-refractivity contribution is 5.77. The smallest absolute Gasteiger partial charge is 0.223 e. The quantitative estimate of drug-likeness (QED) is 0.862. The minimum absolute atomic E-state index is 0.0244. The first-order valence-electron chi connectivity index (χ1n) is 8.45. The van der Waals surface area contributed by atoms with Crippen molar-refractivity contribution in [2.75, 3.05) is 19.8 Å². The highest BCUT2D eigenvalue weighted by Gasteiger charge is 2.33. The molecule has 1 saturated carbocycles. The normalized spacial score (nSPS) is 23.2. The van der Waals surface area contributed by atoms with E-state index in [-0.39, 0.29) is 6.04 Å². The van der Waals surface area contributed by atoms with Gasteiger partial charge in [-0.2, -0.15) is 5.10 Å². The summed E-state index contributed by atoms with van der Waals surface area (Å²) < 4.78 is 7.58. The molecule has 0 unspecified atom stereocenters. The topological polar surface area (TPSA) is 47.4 Å². The molecule has 1 aliphatic carbocycles. The van der Waals surface area contributed by atoms with Crippen LogP contribution < -0.4 is 0 Å². The first kappa shape index (κ1) is 15.5. The van der Waals surface area contributed by atoms with E-state index in [1.807, 2.05) is 23.6 Å². The molecule has 5 nitrogen and oxygen atoms in total. The number of amides is 1. The molecule has 0 bridgehead atoms. The SMILES string of the molecule is Cc1nn(C)c(C)c1[C@@H]1COCCN1C(=O)CC1CCCC1. The zero-order valence-corrected chi connectivity index (χ0v) is 14.0. The molecule has 1 aliphatic heterocycles. The number of morpholine rings is 1. The van der Waals surface area contributed by atoms with E-state index in [1.165, 1.54) is 31.2 Å². The van der Waals surface area contributed by atoms with Crippen molar-refractivity contribution in [3.8, 4) is 0 Å². The van der Waals surface area contributed by atoms with Gasteiger partial charge in [-0.05, 0) is 32.6 Å². The van der Waals surface area contributed by atoms with Gasteiger partial charge in [0.1, 0.15) is 0 Å². The number of aromatic nitrogens is 2. The fourth-order valence-corrected chi connectivity index (χ4v) is 3.99. The Morgan fingerprint density at radius 1 is 1.32 bits per heavy atom. The van der Waals surface area contributed by atoms with Gasteiger partial charge in [0.15, 0.2) is 0 Å². The molecule has 0 aromatic carbocycles. The van der Waals surface area contributed by atoms with Gasteiger partial charge in [-0.3, -0.25) is 9.48 Å². The molecule has 1 aromatic rings. The van der Waals surface area contributed by atoms with E-state index >= 15 is 0 Å². The Kier molecular flexibility index (Phi) is 4.52. The van der Waals surface area contributed by atoms with E-state index in [2.05, 4.69) is 12.0 Å². The van der Waals surface area contributed by atoms with Crippen LogP contribution in [0.25, 0.3) is 0 Å². The van der Waals surface area contributed by atoms with Crippen molar-refractivity contribution in [1.82, 2.24) is 14.7 Å². The molecule has 1 aromatic heterocycles. The molecule has 0 spiro atoms. The van der Waals surface area contributed by atoms with Gasteiger partial charge in [0.2, 0.25) is 5.91 Å².